The topological polar surface area (TPSA) is 67.4 Å². The SMILES string of the molecule is CCOc1ccc(F)cc1NC(=O)C(=O)NC1CCc2ccccc21. The molecule has 1 aliphatic rings. The average Bonchev–Trinajstić information content (AvgIpc) is 3.00. The zero-order valence-electron chi connectivity index (χ0n) is 13.8. The molecule has 2 N–H and O–H groups in total. The predicted molar refractivity (Wildman–Crippen MR) is 91.8 cm³/mol. The van der Waals surface area contributed by atoms with E-state index in [0.29, 0.717) is 12.4 Å². The van der Waals surface area contributed by atoms with E-state index in [4.69, 9.17) is 4.74 Å². The molecule has 2 aromatic carbocycles. The minimum Gasteiger partial charge on any atom is -0.492 e. The molecule has 0 fully saturated rings. The Labute approximate surface area is 145 Å². The van der Waals surface area contributed by atoms with Gasteiger partial charge in [-0.25, -0.2) is 4.39 Å². The lowest BCUT2D eigenvalue weighted by atomic mass is 10.1. The Morgan fingerprint density at radius 3 is 2.80 bits per heavy atom. The number of fused-ring (bicyclic) bond motifs is 1. The summed E-state index contributed by atoms with van der Waals surface area (Å²) in [5.74, 6) is -1.82. The van der Waals surface area contributed by atoms with E-state index >= 15 is 0 Å². The van der Waals surface area contributed by atoms with Crippen molar-refractivity contribution in [3.8, 4) is 5.75 Å². The lowest BCUT2D eigenvalue weighted by Gasteiger charge is -2.15. The molecule has 3 rings (SSSR count). The van der Waals surface area contributed by atoms with Crippen LogP contribution < -0.4 is 15.4 Å². The standard InChI is InChI=1S/C19H19FN2O3/c1-2-25-17-10-8-13(20)11-16(17)22-19(24)18(23)21-15-9-7-12-5-3-4-6-14(12)15/h3-6,8,10-11,15H,2,7,9H2,1H3,(H,21,23)(H,22,24). The van der Waals surface area contributed by atoms with Gasteiger partial charge >= 0.3 is 11.8 Å². The number of rotatable bonds is 4. The van der Waals surface area contributed by atoms with Crippen LogP contribution in [0, 0.1) is 5.82 Å². The minimum atomic E-state index is -0.851. The molecule has 0 aromatic heterocycles. The third-order valence-corrected chi connectivity index (χ3v) is 4.13. The third-order valence-electron chi connectivity index (χ3n) is 4.13. The molecule has 25 heavy (non-hydrogen) atoms. The Balaban J connectivity index is 1.68. The van der Waals surface area contributed by atoms with E-state index in [1.54, 1.807) is 6.92 Å². The first-order valence-electron chi connectivity index (χ1n) is 8.20. The van der Waals surface area contributed by atoms with Crippen LogP contribution in [0.1, 0.15) is 30.5 Å². The quantitative estimate of drug-likeness (QED) is 0.840. The molecule has 2 aromatic rings. The van der Waals surface area contributed by atoms with Gasteiger partial charge < -0.3 is 15.4 Å². The van der Waals surface area contributed by atoms with Gasteiger partial charge in [-0.2, -0.15) is 0 Å². The van der Waals surface area contributed by atoms with Crippen LogP contribution in [-0.2, 0) is 16.0 Å². The fourth-order valence-corrected chi connectivity index (χ4v) is 2.99. The van der Waals surface area contributed by atoms with E-state index in [0.717, 1.165) is 24.5 Å². The monoisotopic (exact) mass is 342 g/mol. The maximum absolute atomic E-state index is 13.4. The van der Waals surface area contributed by atoms with Crippen molar-refractivity contribution in [3.63, 3.8) is 0 Å². The zero-order chi connectivity index (χ0) is 17.8. The molecule has 0 saturated carbocycles. The van der Waals surface area contributed by atoms with Crippen molar-refractivity contribution in [2.24, 2.45) is 0 Å². The second kappa shape index (κ2) is 7.34. The Bertz CT molecular complexity index is 807. The number of anilines is 1. The molecule has 0 spiro atoms. The maximum atomic E-state index is 13.4. The molecule has 1 unspecified atom stereocenters. The summed E-state index contributed by atoms with van der Waals surface area (Å²) in [6, 6.07) is 11.4. The van der Waals surface area contributed by atoms with Gasteiger partial charge in [0.2, 0.25) is 0 Å². The molecule has 1 atom stereocenters. The van der Waals surface area contributed by atoms with Crippen molar-refractivity contribution >= 4 is 17.5 Å². The van der Waals surface area contributed by atoms with Crippen LogP contribution in [0.4, 0.5) is 10.1 Å². The highest BCUT2D eigenvalue weighted by Crippen LogP contribution is 2.30. The number of carbonyl (C=O) groups excluding carboxylic acids is 2. The lowest BCUT2D eigenvalue weighted by Crippen LogP contribution is -2.37. The van der Waals surface area contributed by atoms with Crippen molar-refractivity contribution in [2.45, 2.75) is 25.8 Å². The predicted octanol–water partition coefficient (Wildman–Crippen LogP) is 2.97. The molecule has 0 saturated heterocycles. The van der Waals surface area contributed by atoms with Crippen LogP contribution >= 0.6 is 0 Å². The Morgan fingerprint density at radius 2 is 2.00 bits per heavy atom. The summed E-state index contributed by atoms with van der Waals surface area (Å²) in [6.07, 6.45) is 1.61. The van der Waals surface area contributed by atoms with E-state index in [9.17, 15) is 14.0 Å². The second-order valence-electron chi connectivity index (χ2n) is 5.79. The number of benzene rings is 2. The van der Waals surface area contributed by atoms with Gasteiger partial charge in [-0.05, 0) is 43.0 Å². The number of amides is 2. The molecule has 0 bridgehead atoms. The first-order chi connectivity index (χ1) is 12.1. The van der Waals surface area contributed by atoms with Gasteiger partial charge in [-0.3, -0.25) is 9.59 Å². The summed E-state index contributed by atoms with van der Waals surface area (Å²) >= 11 is 0. The average molecular weight is 342 g/mol. The summed E-state index contributed by atoms with van der Waals surface area (Å²) in [5, 5.41) is 5.15. The highest BCUT2D eigenvalue weighted by molar-refractivity contribution is 6.39. The minimum absolute atomic E-state index is 0.133. The Kier molecular flexibility index (Phi) is 4.97. The van der Waals surface area contributed by atoms with Gasteiger partial charge in [-0.15, -0.1) is 0 Å². The number of hydrogen-bond acceptors (Lipinski definition) is 3. The summed E-state index contributed by atoms with van der Waals surface area (Å²) in [5.41, 5.74) is 2.34. The number of nitrogens with one attached hydrogen (secondary N) is 2. The maximum Gasteiger partial charge on any atom is 0.313 e. The van der Waals surface area contributed by atoms with Crippen molar-refractivity contribution in [2.75, 3.05) is 11.9 Å². The number of aryl methyl sites for hydroxylation is 1. The molecule has 0 aliphatic heterocycles. The van der Waals surface area contributed by atoms with Crippen LogP contribution in [0.15, 0.2) is 42.5 Å². The van der Waals surface area contributed by atoms with Crippen LogP contribution in [0.5, 0.6) is 5.75 Å². The number of hydrogen-bond donors (Lipinski definition) is 2. The first kappa shape index (κ1) is 17.0. The third kappa shape index (κ3) is 3.79. The number of carbonyl (C=O) groups is 2. The second-order valence-corrected chi connectivity index (χ2v) is 5.79. The molecule has 2 amide bonds. The van der Waals surface area contributed by atoms with Crippen molar-refractivity contribution < 1.29 is 18.7 Å². The Morgan fingerprint density at radius 1 is 1.20 bits per heavy atom. The van der Waals surface area contributed by atoms with Gasteiger partial charge in [0.15, 0.2) is 0 Å². The number of ether oxygens (including phenoxy) is 1. The normalized spacial score (nSPS) is 15.4. The van der Waals surface area contributed by atoms with E-state index in [2.05, 4.69) is 10.6 Å². The fourth-order valence-electron chi connectivity index (χ4n) is 2.99. The molecule has 1 aliphatic carbocycles. The van der Waals surface area contributed by atoms with E-state index in [1.165, 1.54) is 17.7 Å². The Hall–Kier alpha value is -2.89. The largest absolute Gasteiger partial charge is 0.492 e. The van der Waals surface area contributed by atoms with E-state index in [-0.39, 0.29) is 11.7 Å². The van der Waals surface area contributed by atoms with Gasteiger partial charge in [0, 0.05) is 6.07 Å². The first-order valence-corrected chi connectivity index (χ1v) is 8.20. The number of halogens is 1. The molecule has 0 heterocycles. The smallest absolute Gasteiger partial charge is 0.313 e. The van der Waals surface area contributed by atoms with Crippen LogP contribution in [0.2, 0.25) is 0 Å². The molecular weight excluding hydrogens is 323 g/mol. The zero-order valence-corrected chi connectivity index (χ0v) is 13.8. The lowest BCUT2D eigenvalue weighted by molar-refractivity contribution is -0.136. The van der Waals surface area contributed by atoms with Gasteiger partial charge in [0.25, 0.3) is 0 Å². The fraction of sp³-hybridized carbons (Fsp3) is 0.263. The molecule has 0 radical (unpaired) electrons. The summed E-state index contributed by atoms with van der Waals surface area (Å²) in [4.78, 5) is 24.4. The van der Waals surface area contributed by atoms with Gasteiger partial charge in [0.1, 0.15) is 11.6 Å². The van der Waals surface area contributed by atoms with Crippen LogP contribution in [0.25, 0.3) is 0 Å². The van der Waals surface area contributed by atoms with Gasteiger partial charge in [0.05, 0.1) is 18.3 Å². The molecule has 6 heteroatoms. The highest BCUT2D eigenvalue weighted by atomic mass is 19.1. The molecular formula is C19H19FN2O3. The van der Waals surface area contributed by atoms with Crippen molar-refractivity contribution in [3.05, 3.63) is 59.4 Å². The summed E-state index contributed by atoms with van der Waals surface area (Å²) in [7, 11) is 0. The van der Waals surface area contributed by atoms with Crippen LogP contribution in [0.3, 0.4) is 0 Å². The highest BCUT2D eigenvalue weighted by Gasteiger charge is 2.26. The molecule has 5 nitrogen and oxygen atoms in total. The van der Waals surface area contributed by atoms with Gasteiger partial charge in [-0.1, -0.05) is 24.3 Å². The van der Waals surface area contributed by atoms with Crippen LogP contribution in [-0.4, -0.2) is 18.4 Å². The van der Waals surface area contributed by atoms with Crippen molar-refractivity contribution in [1.82, 2.24) is 5.32 Å². The van der Waals surface area contributed by atoms with Crippen molar-refractivity contribution in [1.29, 1.82) is 0 Å². The summed E-state index contributed by atoms with van der Waals surface area (Å²) < 4.78 is 18.8. The molecule has 130 valence electrons. The summed E-state index contributed by atoms with van der Waals surface area (Å²) in [6.45, 7) is 2.14. The van der Waals surface area contributed by atoms with E-state index < -0.39 is 17.6 Å². The van der Waals surface area contributed by atoms with E-state index in [1.807, 2.05) is 24.3 Å².